The van der Waals surface area contributed by atoms with Crippen molar-refractivity contribution in [1.82, 2.24) is 10.2 Å². The number of rotatable bonds is 8. The van der Waals surface area contributed by atoms with E-state index in [0.717, 1.165) is 12.2 Å². The number of carbonyl (C=O) groups excluding carboxylic acids is 1. The van der Waals surface area contributed by atoms with E-state index in [4.69, 9.17) is 9.47 Å². The van der Waals surface area contributed by atoms with E-state index in [1.54, 1.807) is 25.3 Å². The Labute approximate surface area is 163 Å². The molecule has 144 valence electrons. The maximum absolute atomic E-state index is 12.1. The Morgan fingerprint density at radius 1 is 0.964 bits per heavy atom. The van der Waals surface area contributed by atoms with E-state index < -0.39 is 0 Å². The van der Waals surface area contributed by atoms with Crippen molar-refractivity contribution in [1.29, 1.82) is 0 Å². The minimum atomic E-state index is -0.330. The maximum Gasteiger partial charge on any atom is 0.263 e. The molecule has 3 aromatic rings. The first-order chi connectivity index (χ1) is 13.7. The molecule has 1 aromatic heterocycles. The zero-order chi connectivity index (χ0) is 19.8. The standard InChI is InChI=1S/C21H22N4O3/c1-3-25(16-9-5-4-6-10-16)20-14-13-19(23-24-20)22-21(26)15-28-18-12-8-7-11-17(18)27-2/h4-14H,3,15H2,1-2H3,(H,22,23,26). The quantitative estimate of drug-likeness (QED) is 0.645. The van der Waals surface area contributed by atoms with Crippen LogP contribution in [0, 0.1) is 0 Å². The van der Waals surface area contributed by atoms with Crippen LogP contribution >= 0.6 is 0 Å². The summed E-state index contributed by atoms with van der Waals surface area (Å²) in [5, 5.41) is 11.0. The molecule has 0 bridgehead atoms. The van der Waals surface area contributed by atoms with Crippen molar-refractivity contribution in [2.75, 3.05) is 30.5 Å². The van der Waals surface area contributed by atoms with E-state index >= 15 is 0 Å². The molecule has 0 unspecified atom stereocenters. The van der Waals surface area contributed by atoms with Crippen molar-refractivity contribution in [3.63, 3.8) is 0 Å². The number of para-hydroxylation sites is 3. The van der Waals surface area contributed by atoms with E-state index in [1.165, 1.54) is 0 Å². The molecular formula is C21H22N4O3. The minimum Gasteiger partial charge on any atom is -0.493 e. The van der Waals surface area contributed by atoms with E-state index in [9.17, 15) is 4.79 Å². The third-order valence-corrected chi connectivity index (χ3v) is 4.01. The van der Waals surface area contributed by atoms with Crippen LogP contribution in [0.1, 0.15) is 6.92 Å². The van der Waals surface area contributed by atoms with Gasteiger partial charge in [0.1, 0.15) is 0 Å². The number of ether oxygens (including phenoxy) is 2. The Morgan fingerprint density at radius 3 is 2.32 bits per heavy atom. The zero-order valence-electron chi connectivity index (χ0n) is 15.8. The molecule has 1 N–H and O–H groups in total. The summed E-state index contributed by atoms with van der Waals surface area (Å²) >= 11 is 0. The van der Waals surface area contributed by atoms with Crippen molar-refractivity contribution in [2.45, 2.75) is 6.92 Å². The predicted octanol–water partition coefficient (Wildman–Crippen LogP) is 3.66. The number of nitrogens with one attached hydrogen (secondary N) is 1. The average Bonchev–Trinajstić information content (AvgIpc) is 2.75. The number of nitrogens with zero attached hydrogens (tertiary/aromatic N) is 3. The lowest BCUT2D eigenvalue weighted by molar-refractivity contribution is -0.118. The van der Waals surface area contributed by atoms with Gasteiger partial charge in [-0.05, 0) is 43.3 Å². The summed E-state index contributed by atoms with van der Waals surface area (Å²) in [5.74, 6) is 1.81. The van der Waals surface area contributed by atoms with E-state index in [1.807, 2.05) is 60.4 Å². The van der Waals surface area contributed by atoms with Crippen LogP contribution in [0.4, 0.5) is 17.3 Å². The molecule has 0 spiro atoms. The number of anilines is 3. The zero-order valence-corrected chi connectivity index (χ0v) is 15.8. The molecule has 7 nitrogen and oxygen atoms in total. The molecule has 0 saturated heterocycles. The number of aromatic nitrogens is 2. The molecule has 0 radical (unpaired) electrons. The van der Waals surface area contributed by atoms with Crippen LogP contribution in [-0.4, -0.2) is 36.4 Å². The van der Waals surface area contributed by atoms with Crippen molar-refractivity contribution in [2.24, 2.45) is 0 Å². The highest BCUT2D eigenvalue weighted by molar-refractivity contribution is 5.91. The van der Waals surface area contributed by atoms with Crippen molar-refractivity contribution >= 4 is 23.2 Å². The van der Waals surface area contributed by atoms with Gasteiger partial charge in [-0.25, -0.2) is 0 Å². The van der Waals surface area contributed by atoms with Gasteiger partial charge in [0.05, 0.1) is 7.11 Å². The Balaban J connectivity index is 1.60. The summed E-state index contributed by atoms with van der Waals surface area (Å²) in [4.78, 5) is 14.2. The Hall–Kier alpha value is -3.61. The second-order valence-corrected chi connectivity index (χ2v) is 5.84. The molecule has 2 aromatic carbocycles. The van der Waals surface area contributed by atoms with Crippen LogP contribution in [0.5, 0.6) is 11.5 Å². The molecule has 28 heavy (non-hydrogen) atoms. The third kappa shape index (κ3) is 4.76. The molecule has 0 aliphatic carbocycles. The van der Waals surface area contributed by atoms with Gasteiger partial charge in [0.15, 0.2) is 29.7 Å². The second kappa shape index (κ2) is 9.36. The van der Waals surface area contributed by atoms with Gasteiger partial charge < -0.3 is 19.7 Å². The van der Waals surface area contributed by atoms with Gasteiger partial charge in [-0.3, -0.25) is 4.79 Å². The van der Waals surface area contributed by atoms with Gasteiger partial charge in [0, 0.05) is 12.2 Å². The number of benzene rings is 2. The van der Waals surface area contributed by atoms with Crippen LogP contribution in [-0.2, 0) is 4.79 Å². The van der Waals surface area contributed by atoms with Crippen molar-refractivity contribution in [3.05, 3.63) is 66.7 Å². The number of hydrogen-bond acceptors (Lipinski definition) is 6. The lowest BCUT2D eigenvalue weighted by atomic mass is 10.3. The van der Waals surface area contributed by atoms with Gasteiger partial charge in [-0.1, -0.05) is 30.3 Å². The first kappa shape index (κ1) is 19.2. The number of hydrogen-bond donors (Lipinski definition) is 1. The van der Waals surface area contributed by atoms with Crippen LogP contribution < -0.4 is 19.7 Å². The maximum atomic E-state index is 12.1. The Morgan fingerprint density at radius 2 is 1.68 bits per heavy atom. The summed E-state index contributed by atoms with van der Waals surface area (Å²) in [6.45, 7) is 2.63. The van der Waals surface area contributed by atoms with Gasteiger partial charge in [0.25, 0.3) is 5.91 Å². The molecule has 1 amide bonds. The van der Waals surface area contributed by atoms with Gasteiger partial charge in [0.2, 0.25) is 0 Å². The number of amides is 1. The van der Waals surface area contributed by atoms with E-state index in [0.29, 0.717) is 23.1 Å². The van der Waals surface area contributed by atoms with Crippen molar-refractivity contribution in [3.8, 4) is 11.5 Å². The lowest BCUT2D eigenvalue weighted by Gasteiger charge is -2.21. The average molecular weight is 378 g/mol. The second-order valence-electron chi connectivity index (χ2n) is 5.84. The fourth-order valence-corrected chi connectivity index (χ4v) is 2.68. The highest BCUT2D eigenvalue weighted by Gasteiger charge is 2.11. The fourth-order valence-electron chi connectivity index (χ4n) is 2.68. The van der Waals surface area contributed by atoms with Gasteiger partial charge >= 0.3 is 0 Å². The molecule has 0 atom stereocenters. The van der Waals surface area contributed by atoms with Crippen LogP contribution in [0.25, 0.3) is 0 Å². The monoisotopic (exact) mass is 378 g/mol. The molecule has 3 rings (SSSR count). The van der Waals surface area contributed by atoms with Crippen LogP contribution in [0.15, 0.2) is 66.7 Å². The fraction of sp³-hybridized carbons (Fsp3) is 0.190. The van der Waals surface area contributed by atoms with Crippen LogP contribution in [0.2, 0.25) is 0 Å². The van der Waals surface area contributed by atoms with Gasteiger partial charge in [-0.2, -0.15) is 0 Å². The number of carbonyl (C=O) groups is 1. The first-order valence-corrected chi connectivity index (χ1v) is 8.93. The Kier molecular flexibility index (Phi) is 6.41. The molecule has 0 aliphatic heterocycles. The molecule has 0 saturated carbocycles. The smallest absolute Gasteiger partial charge is 0.263 e. The van der Waals surface area contributed by atoms with Crippen LogP contribution in [0.3, 0.4) is 0 Å². The van der Waals surface area contributed by atoms with Crippen molar-refractivity contribution < 1.29 is 14.3 Å². The molecule has 0 fully saturated rings. The topological polar surface area (TPSA) is 76.6 Å². The van der Waals surface area contributed by atoms with E-state index in [2.05, 4.69) is 15.5 Å². The third-order valence-electron chi connectivity index (χ3n) is 4.01. The first-order valence-electron chi connectivity index (χ1n) is 8.93. The Bertz CT molecular complexity index is 901. The normalized spacial score (nSPS) is 10.2. The molecule has 0 aliphatic rings. The highest BCUT2D eigenvalue weighted by Crippen LogP contribution is 2.26. The largest absolute Gasteiger partial charge is 0.493 e. The lowest BCUT2D eigenvalue weighted by Crippen LogP contribution is -2.22. The summed E-state index contributed by atoms with van der Waals surface area (Å²) in [6, 6.07) is 20.6. The molecular weight excluding hydrogens is 356 g/mol. The number of methoxy groups -OCH3 is 1. The summed E-state index contributed by atoms with van der Waals surface area (Å²) < 4.78 is 10.7. The molecule has 1 heterocycles. The highest BCUT2D eigenvalue weighted by atomic mass is 16.5. The minimum absolute atomic E-state index is 0.158. The molecule has 7 heteroatoms. The SMILES string of the molecule is CCN(c1ccccc1)c1ccc(NC(=O)COc2ccccc2OC)nn1. The predicted molar refractivity (Wildman–Crippen MR) is 108 cm³/mol. The van der Waals surface area contributed by atoms with Gasteiger partial charge in [-0.15, -0.1) is 10.2 Å². The summed E-state index contributed by atoms with van der Waals surface area (Å²) in [7, 11) is 1.55. The van der Waals surface area contributed by atoms with E-state index in [-0.39, 0.29) is 12.5 Å². The summed E-state index contributed by atoms with van der Waals surface area (Å²) in [5.41, 5.74) is 1.03. The summed E-state index contributed by atoms with van der Waals surface area (Å²) in [6.07, 6.45) is 0.